The molecule has 2 fully saturated rings. The number of rotatable bonds is 6. The summed E-state index contributed by atoms with van der Waals surface area (Å²) < 4.78 is 10.9. The standard InChI is InChI=1S/C20H25N7O2/c1-2-6-14(5-1)22-19-20(24-18-17(23-19)25-29-26-18)27-11-8-16(9-12-27)28-13-15-7-3-4-10-21-15/h3-4,7,10,14,16H,1-2,5-6,8-9,11-13H2,(H,22,23,25). The number of pyridine rings is 1. The van der Waals surface area contributed by atoms with Gasteiger partial charge in [-0.25, -0.2) is 14.6 Å². The van der Waals surface area contributed by atoms with E-state index in [1.807, 2.05) is 18.2 Å². The molecule has 1 saturated carbocycles. The van der Waals surface area contributed by atoms with Crippen molar-refractivity contribution in [2.45, 2.75) is 57.3 Å². The lowest BCUT2D eigenvalue weighted by Gasteiger charge is -2.33. The summed E-state index contributed by atoms with van der Waals surface area (Å²) in [6.45, 7) is 2.27. The topological polar surface area (TPSA) is 102 Å². The van der Waals surface area contributed by atoms with Gasteiger partial charge in [0.1, 0.15) is 0 Å². The van der Waals surface area contributed by atoms with Crippen molar-refractivity contribution in [3.63, 3.8) is 0 Å². The molecule has 3 aromatic heterocycles. The van der Waals surface area contributed by atoms with Crippen LogP contribution in [0.5, 0.6) is 0 Å². The lowest BCUT2D eigenvalue weighted by atomic mass is 10.1. The van der Waals surface area contributed by atoms with Gasteiger partial charge >= 0.3 is 0 Å². The highest BCUT2D eigenvalue weighted by atomic mass is 16.6. The van der Waals surface area contributed by atoms with E-state index in [-0.39, 0.29) is 6.10 Å². The Hall–Kier alpha value is -2.81. The number of hydrogen-bond donors (Lipinski definition) is 1. The summed E-state index contributed by atoms with van der Waals surface area (Å²) in [5, 5.41) is 11.3. The zero-order valence-electron chi connectivity index (χ0n) is 16.3. The highest BCUT2D eigenvalue weighted by Crippen LogP contribution is 2.30. The molecule has 9 nitrogen and oxygen atoms in total. The van der Waals surface area contributed by atoms with Gasteiger partial charge in [0.05, 0.1) is 18.4 Å². The van der Waals surface area contributed by atoms with Gasteiger partial charge in [0, 0.05) is 25.3 Å². The van der Waals surface area contributed by atoms with Crippen molar-refractivity contribution in [3.8, 4) is 0 Å². The molecular weight excluding hydrogens is 370 g/mol. The molecule has 2 aliphatic rings. The smallest absolute Gasteiger partial charge is 0.245 e. The fraction of sp³-hybridized carbons (Fsp3) is 0.550. The third-order valence-electron chi connectivity index (χ3n) is 5.73. The molecule has 5 rings (SSSR count). The number of piperidine rings is 1. The molecular formula is C20H25N7O2. The van der Waals surface area contributed by atoms with Crippen LogP contribution < -0.4 is 10.2 Å². The van der Waals surface area contributed by atoms with Gasteiger partial charge in [-0.1, -0.05) is 18.9 Å². The first-order valence-corrected chi connectivity index (χ1v) is 10.4. The van der Waals surface area contributed by atoms with E-state index in [4.69, 9.17) is 14.3 Å². The second kappa shape index (κ2) is 8.28. The zero-order chi connectivity index (χ0) is 19.5. The fourth-order valence-corrected chi connectivity index (χ4v) is 4.13. The maximum atomic E-state index is 6.07. The Balaban J connectivity index is 1.26. The van der Waals surface area contributed by atoms with E-state index in [2.05, 4.69) is 30.5 Å². The summed E-state index contributed by atoms with van der Waals surface area (Å²) in [5.41, 5.74) is 1.86. The Bertz CT molecular complexity index is 934. The van der Waals surface area contributed by atoms with E-state index in [1.54, 1.807) is 6.20 Å². The van der Waals surface area contributed by atoms with Gasteiger partial charge in [-0.15, -0.1) is 0 Å². The van der Waals surface area contributed by atoms with Gasteiger partial charge in [-0.3, -0.25) is 4.98 Å². The van der Waals surface area contributed by atoms with Crippen LogP contribution in [0.4, 0.5) is 11.6 Å². The molecule has 0 atom stereocenters. The van der Waals surface area contributed by atoms with Gasteiger partial charge < -0.3 is 15.0 Å². The minimum absolute atomic E-state index is 0.227. The number of ether oxygens (including phenoxy) is 1. The summed E-state index contributed by atoms with van der Waals surface area (Å²) >= 11 is 0. The highest BCUT2D eigenvalue weighted by molar-refractivity contribution is 5.74. The van der Waals surface area contributed by atoms with Crippen molar-refractivity contribution in [2.24, 2.45) is 0 Å². The molecule has 29 heavy (non-hydrogen) atoms. The van der Waals surface area contributed by atoms with Gasteiger partial charge in [0.15, 0.2) is 11.6 Å². The average molecular weight is 395 g/mol. The molecule has 0 spiro atoms. The normalized spacial score (nSPS) is 18.6. The van der Waals surface area contributed by atoms with E-state index >= 15 is 0 Å². The lowest BCUT2D eigenvalue weighted by Crippen LogP contribution is -2.38. The number of fused-ring (bicyclic) bond motifs is 1. The predicted octanol–water partition coefficient (Wildman–Crippen LogP) is 2.95. The number of aromatic nitrogens is 5. The third kappa shape index (κ3) is 4.14. The van der Waals surface area contributed by atoms with Gasteiger partial charge in [0.25, 0.3) is 0 Å². The molecule has 4 heterocycles. The van der Waals surface area contributed by atoms with E-state index in [1.165, 1.54) is 25.7 Å². The Kier molecular flexibility index (Phi) is 5.21. The van der Waals surface area contributed by atoms with Crippen LogP contribution in [0, 0.1) is 0 Å². The second-order valence-corrected chi connectivity index (χ2v) is 7.75. The molecule has 1 aliphatic heterocycles. The maximum Gasteiger partial charge on any atom is 0.245 e. The quantitative estimate of drug-likeness (QED) is 0.675. The van der Waals surface area contributed by atoms with E-state index in [0.717, 1.165) is 43.3 Å². The Morgan fingerprint density at radius 3 is 2.59 bits per heavy atom. The first-order chi connectivity index (χ1) is 14.3. The molecule has 9 heteroatoms. The van der Waals surface area contributed by atoms with Crippen LogP contribution in [0.1, 0.15) is 44.2 Å². The van der Waals surface area contributed by atoms with Crippen LogP contribution in [0.25, 0.3) is 11.3 Å². The van der Waals surface area contributed by atoms with Crippen molar-refractivity contribution in [3.05, 3.63) is 30.1 Å². The zero-order valence-corrected chi connectivity index (χ0v) is 16.3. The highest BCUT2D eigenvalue weighted by Gasteiger charge is 2.26. The number of nitrogens with one attached hydrogen (secondary N) is 1. The van der Waals surface area contributed by atoms with Gasteiger partial charge in [-0.05, 0) is 48.1 Å². The molecule has 0 amide bonds. The minimum Gasteiger partial charge on any atom is -0.372 e. The SMILES string of the molecule is c1ccc(COC2CCN(c3nc4nonc4nc3NC3CCCC3)CC2)nc1. The molecule has 0 unspecified atom stereocenters. The van der Waals surface area contributed by atoms with E-state index < -0.39 is 0 Å². The van der Waals surface area contributed by atoms with Crippen molar-refractivity contribution < 1.29 is 9.37 Å². The molecule has 1 saturated heterocycles. The number of nitrogens with zero attached hydrogens (tertiary/aromatic N) is 6. The summed E-state index contributed by atoms with van der Waals surface area (Å²) in [5.74, 6) is 1.62. The first-order valence-electron chi connectivity index (χ1n) is 10.4. The second-order valence-electron chi connectivity index (χ2n) is 7.75. The summed E-state index contributed by atoms with van der Waals surface area (Å²) in [4.78, 5) is 15.9. The molecule has 1 N–H and O–H groups in total. The molecule has 0 radical (unpaired) electrons. The fourth-order valence-electron chi connectivity index (χ4n) is 4.13. The van der Waals surface area contributed by atoms with Crippen molar-refractivity contribution in [1.82, 2.24) is 25.3 Å². The third-order valence-corrected chi connectivity index (χ3v) is 5.73. The van der Waals surface area contributed by atoms with Crippen LogP contribution in [0.3, 0.4) is 0 Å². The van der Waals surface area contributed by atoms with E-state index in [9.17, 15) is 0 Å². The number of anilines is 2. The van der Waals surface area contributed by atoms with E-state index in [0.29, 0.717) is 23.9 Å². The van der Waals surface area contributed by atoms with Crippen LogP contribution in [-0.4, -0.2) is 50.5 Å². The molecule has 0 aromatic carbocycles. The van der Waals surface area contributed by atoms with Crippen molar-refractivity contribution >= 4 is 22.9 Å². The van der Waals surface area contributed by atoms with Crippen LogP contribution in [0.2, 0.25) is 0 Å². The maximum absolute atomic E-state index is 6.07. The van der Waals surface area contributed by atoms with Crippen LogP contribution in [0.15, 0.2) is 29.0 Å². The van der Waals surface area contributed by atoms with Crippen LogP contribution in [-0.2, 0) is 11.3 Å². The Morgan fingerprint density at radius 2 is 1.83 bits per heavy atom. The minimum atomic E-state index is 0.227. The van der Waals surface area contributed by atoms with Gasteiger partial charge in [0.2, 0.25) is 11.3 Å². The Morgan fingerprint density at radius 1 is 1.03 bits per heavy atom. The largest absolute Gasteiger partial charge is 0.372 e. The van der Waals surface area contributed by atoms with Crippen molar-refractivity contribution in [2.75, 3.05) is 23.3 Å². The molecule has 152 valence electrons. The molecule has 3 aromatic rings. The average Bonchev–Trinajstić information content (AvgIpc) is 3.44. The monoisotopic (exact) mass is 395 g/mol. The summed E-state index contributed by atoms with van der Waals surface area (Å²) in [7, 11) is 0. The predicted molar refractivity (Wildman–Crippen MR) is 108 cm³/mol. The van der Waals surface area contributed by atoms with Crippen molar-refractivity contribution in [1.29, 1.82) is 0 Å². The van der Waals surface area contributed by atoms with Gasteiger partial charge in [-0.2, -0.15) is 0 Å². The summed E-state index contributed by atoms with van der Waals surface area (Å²) in [6.07, 6.45) is 8.75. The first kappa shape index (κ1) is 18.2. The lowest BCUT2D eigenvalue weighted by molar-refractivity contribution is 0.0234. The molecule has 0 bridgehead atoms. The molecule has 1 aliphatic carbocycles. The van der Waals surface area contributed by atoms with Crippen LogP contribution >= 0.6 is 0 Å². The Labute approximate surface area is 168 Å². The summed E-state index contributed by atoms with van der Waals surface area (Å²) in [6, 6.07) is 6.34. The number of hydrogen-bond acceptors (Lipinski definition) is 9.